The Labute approximate surface area is 181 Å². The molecule has 2 aromatic heterocycles. The molecule has 0 spiro atoms. The second-order valence-corrected chi connectivity index (χ2v) is 7.99. The first kappa shape index (κ1) is 21.0. The van der Waals surface area contributed by atoms with Crippen LogP contribution in [0.15, 0.2) is 35.3 Å². The lowest BCUT2D eigenvalue weighted by molar-refractivity contribution is -0.119. The van der Waals surface area contributed by atoms with Crippen LogP contribution in [0.25, 0.3) is 17.1 Å². The number of aromatic amines is 1. The highest BCUT2D eigenvalue weighted by Gasteiger charge is 2.32. The number of benzene rings is 1. The summed E-state index contributed by atoms with van der Waals surface area (Å²) in [5, 5.41) is 6.81. The molecule has 0 saturated heterocycles. The minimum atomic E-state index is -0.345. The Hall–Kier alpha value is -3.26. The zero-order valence-electron chi connectivity index (χ0n) is 18.5. The van der Waals surface area contributed by atoms with Crippen LogP contribution in [0.3, 0.4) is 0 Å². The molecule has 3 aromatic rings. The lowest BCUT2D eigenvalue weighted by Crippen LogP contribution is -2.39. The number of hydrogen-bond acceptors (Lipinski definition) is 5. The van der Waals surface area contributed by atoms with E-state index in [0.717, 1.165) is 37.1 Å². The number of aromatic nitrogens is 4. The maximum atomic E-state index is 13.7. The van der Waals surface area contributed by atoms with Gasteiger partial charge in [-0.1, -0.05) is 13.8 Å². The highest BCUT2D eigenvalue weighted by Crippen LogP contribution is 2.41. The van der Waals surface area contributed by atoms with Gasteiger partial charge in [-0.2, -0.15) is 5.10 Å². The van der Waals surface area contributed by atoms with Crippen LogP contribution in [0, 0.1) is 13.8 Å². The van der Waals surface area contributed by atoms with Crippen LogP contribution in [-0.4, -0.2) is 50.2 Å². The number of anilines is 2. The van der Waals surface area contributed by atoms with Crippen molar-refractivity contribution >= 4 is 17.4 Å². The second kappa shape index (κ2) is 8.47. The zero-order valence-corrected chi connectivity index (χ0v) is 18.5. The summed E-state index contributed by atoms with van der Waals surface area (Å²) in [6.07, 6.45) is 3.61. The Morgan fingerprint density at radius 2 is 1.77 bits per heavy atom. The van der Waals surface area contributed by atoms with Crippen molar-refractivity contribution < 1.29 is 4.79 Å². The van der Waals surface area contributed by atoms with E-state index in [4.69, 9.17) is 0 Å². The van der Waals surface area contributed by atoms with Gasteiger partial charge in [0.25, 0.3) is 0 Å². The monoisotopic (exact) mass is 420 g/mol. The number of hydrogen-bond donors (Lipinski definition) is 1. The third kappa shape index (κ3) is 3.67. The third-order valence-corrected chi connectivity index (χ3v) is 5.67. The first-order valence-corrected chi connectivity index (χ1v) is 10.8. The molecule has 1 aromatic carbocycles. The standard InChI is InChI=1S/C23H28N6O2/c1-5-10-27(11-6-2)14-20(30)28-18-12-15(3)16(4)13-19(18)29-22(25-26-23(29)31)17-8-7-9-24-21(17)28/h7-9,12-13H,5-6,10-11,14H2,1-4H3,(H,26,31). The number of carbonyl (C=O) groups is 1. The Kier molecular flexibility index (Phi) is 5.73. The van der Waals surface area contributed by atoms with E-state index in [0.29, 0.717) is 28.6 Å². The molecule has 0 saturated carbocycles. The number of nitrogens with zero attached hydrogens (tertiary/aromatic N) is 5. The van der Waals surface area contributed by atoms with Gasteiger partial charge in [0.05, 0.1) is 23.5 Å². The summed E-state index contributed by atoms with van der Waals surface area (Å²) >= 11 is 0. The van der Waals surface area contributed by atoms with Crippen LogP contribution < -0.4 is 10.6 Å². The molecule has 0 aliphatic carbocycles. The molecular weight excluding hydrogens is 392 g/mol. The van der Waals surface area contributed by atoms with Crippen molar-refractivity contribution in [3.8, 4) is 17.1 Å². The van der Waals surface area contributed by atoms with E-state index in [1.165, 1.54) is 4.57 Å². The summed E-state index contributed by atoms with van der Waals surface area (Å²) in [6, 6.07) is 7.53. The van der Waals surface area contributed by atoms with Gasteiger partial charge in [-0.3, -0.25) is 14.6 Å². The summed E-state index contributed by atoms with van der Waals surface area (Å²) in [5.74, 6) is 0.864. The predicted molar refractivity (Wildman–Crippen MR) is 121 cm³/mol. The molecule has 1 aliphatic rings. The van der Waals surface area contributed by atoms with Crippen molar-refractivity contribution in [2.45, 2.75) is 40.5 Å². The van der Waals surface area contributed by atoms with Gasteiger partial charge < -0.3 is 0 Å². The SMILES string of the molecule is CCCN(CCC)CC(=O)N1c2cc(C)c(C)cc2-n2c(n[nH]c2=O)-c2cccnc21. The van der Waals surface area contributed by atoms with E-state index >= 15 is 0 Å². The van der Waals surface area contributed by atoms with Gasteiger partial charge in [0, 0.05) is 6.20 Å². The van der Waals surface area contributed by atoms with Crippen LogP contribution in [-0.2, 0) is 4.79 Å². The first-order valence-electron chi connectivity index (χ1n) is 10.8. The average molecular weight is 421 g/mol. The molecule has 8 nitrogen and oxygen atoms in total. The molecule has 0 radical (unpaired) electrons. The van der Waals surface area contributed by atoms with Crippen molar-refractivity contribution in [3.63, 3.8) is 0 Å². The lowest BCUT2D eigenvalue weighted by Gasteiger charge is -2.28. The molecule has 1 amide bonds. The number of nitrogens with one attached hydrogen (secondary N) is 1. The highest BCUT2D eigenvalue weighted by atomic mass is 16.2. The first-order chi connectivity index (χ1) is 15.0. The van der Waals surface area contributed by atoms with Gasteiger partial charge in [0.2, 0.25) is 5.91 Å². The predicted octanol–water partition coefficient (Wildman–Crippen LogP) is 3.34. The zero-order chi connectivity index (χ0) is 22.1. The summed E-state index contributed by atoms with van der Waals surface area (Å²) < 4.78 is 1.53. The lowest BCUT2D eigenvalue weighted by atomic mass is 10.1. The summed E-state index contributed by atoms with van der Waals surface area (Å²) in [5.41, 5.74) is 3.63. The topological polar surface area (TPSA) is 87.1 Å². The van der Waals surface area contributed by atoms with Gasteiger partial charge in [-0.15, -0.1) is 0 Å². The molecule has 3 heterocycles. The molecule has 1 aliphatic heterocycles. The Bertz CT molecular complexity index is 1170. The number of fused-ring (bicyclic) bond motifs is 5. The largest absolute Gasteiger partial charge is 0.348 e. The molecule has 31 heavy (non-hydrogen) atoms. The molecule has 1 N–H and O–H groups in total. The van der Waals surface area contributed by atoms with Gasteiger partial charge >= 0.3 is 5.69 Å². The van der Waals surface area contributed by atoms with E-state index in [2.05, 4.69) is 33.9 Å². The van der Waals surface area contributed by atoms with E-state index in [-0.39, 0.29) is 18.1 Å². The Morgan fingerprint density at radius 1 is 1.10 bits per heavy atom. The fourth-order valence-corrected chi connectivity index (χ4v) is 4.13. The quantitative estimate of drug-likeness (QED) is 0.661. The van der Waals surface area contributed by atoms with E-state index in [1.54, 1.807) is 17.2 Å². The molecule has 8 heteroatoms. The van der Waals surface area contributed by atoms with E-state index in [1.807, 2.05) is 32.0 Å². The van der Waals surface area contributed by atoms with Crippen molar-refractivity contribution in [1.29, 1.82) is 0 Å². The maximum Gasteiger partial charge on any atom is 0.348 e. The third-order valence-electron chi connectivity index (χ3n) is 5.67. The molecule has 0 atom stereocenters. The fourth-order valence-electron chi connectivity index (χ4n) is 4.13. The minimum absolute atomic E-state index is 0.0754. The normalized spacial score (nSPS) is 12.4. The van der Waals surface area contributed by atoms with Crippen molar-refractivity contribution in [2.75, 3.05) is 24.5 Å². The van der Waals surface area contributed by atoms with Gasteiger partial charge in [0.15, 0.2) is 11.6 Å². The summed E-state index contributed by atoms with van der Waals surface area (Å²) in [4.78, 5) is 34.8. The summed E-state index contributed by atoms with van der Waals surface area (Å²) in [7, 11) is 0. The Balaban J connectivity index is 1.94. The van der Waals surface area contributed by atoms with Crippen LogP contribution in [0.5, 0.6) is 0 Å². The number of rotatable bonds is 6. The molecule has 4 rings (SSSR count). The van der Waals surface area contributed by atoms with Gasteiger partial charge in [-0.05, 0) is 75.2 Å². The maximum absolute atomic E-state index is 13.7. The molecule has 0 fully saturated rings. The van der Waals surface area contributed by atoms with Gasteiger partial charge in [0.1, 0.15) is 0 Å². The fraction of sp³-hybridized carbons (Fsp3) is 0.391. The van der Waals surface area contributed by atoms with Crippen LogP contribution in [0.1, 0.15) is 37.8 Å². The molecular formula is C23H28N6O2. The smallest absolute Gasteiger partial charge is 0.295 e. The van der Waals surface area contributed by atoms with Crippen LogP contribution in [0.4, 0.5) is 11.5 Å². The number of pyridine rings is 1. The van der Waals surface area contributed by atoms with Crippen molar-refractivity contribution in [3.05, 3.63) is 52.1 Å². The van der Waals surface area contributed by atoms with E-state index in [9.17, 15) is 9.59 Å². The van der Waals surface area contributed by atoms with E-state index < -0.39 is 0 Å². The highest BCUT2D eigenvalue weighted by molar-refractivity contribution is 6.06. The number of carbonyl (C=O) groups excluding carboxylic acids is 1. The number of H-pyrrole nitrogens is 1. The van der Waals surface area contributed by atoms with Crippen molar-refractivity contribution in [1.82, 2.24) is 24.6 Å². The van der Waals surface area contributed by atoms with Crippen molar-refractivity contribution in [2.24, 2.45) is 0 Å². The number of aryl methyl sites for hydroxylation is 2. The molecule has 162 valence electrons. The molecule has 0 unspecified atom stereocenters. The molecule has 0 bridgehead atoms. The van der Waals surface area contributed by atoms with Crippen LogP contribution in [0.2, 0.25) is 0 Å². The second-order valence-electron chi connectivity index (χ2n) is 7.99. The minimum Gasteiger partial charge on any atom is -0.295 e. The Morgan fingerprint density at radius 3 is 2.45 bits per heavy atom. The number of amides is 1. The average Bonchev–Trinajstić information content (AvgIpc) is 3.07. The summed E-state index contributed by atoms with van der Waals surface area (Å²) in [6.45, 7) is 10.2. The van der Waals surface area contributed by atoms with Crippen LogP contribution >= 0.6 is 0 Å². The van der Waals surface area contributed by atoms with Gasteiger partial charge in [-0.25, -0.2) is 19.4 Å².